The second kappa shape index (κ2) is 5.29. The van der Waals surface area contributed by atoms with Crippen LogP contribution in [0.4, 0.5) is 15.8 Å². The van der Waals surface area contributed by atoms with Gasteiger partial charge in [-0.2, -0.15) is 0 Å². The molecule has 21 heavy (non-hydrogen) atoms. The molecule has 2 amide bonds. The van der Waals surface area contributed by atoms with E-state index < -0.39 is 5.82 Å². The molecular formula is C15H16FN3O2. The van der Waals surface area contributed by atoms with E-state index in [9.17, 15) is 14.0 Å². The summed E-state index contributed by atoms with van der Waals surface area (Å²) in [5.41, 5.74) is 3.05. The van der Waals surface area contributed by atoms with Gasteiger partial charge in [0.2, 0.25) is 5.91 Å². The number of carbonyl (C=O) groups is 2. The normalized spacial score (nSPS) is 16.7. The van der Waals surface area contributed by atoms with Crippen molar-refractivity contribution >= 4 is 23.2 Å². The highest BCUT2D eigenvalue weighted by atomic mass is 19.1. The van der Waals surface area contributed by atoms with E-state index in [1.807, 2.05) is 0 Å². The number of amides is 2. The molecule has 3 rings (SSSR count). The summed E-state index contributed by atoms with van der Waals surface area (Å²) < 4.78 is 14.0. The molecular weight excluding hydrogens is 273 g/mol. The molecule has 2 heterocycles. The number of fused-ring (bicyclic) bond motifs is 1. The smallest absolute Gasteiger partial charge is 0.251 e. The first kappa shape index (κ1) is 13.8. The molecule has 0 bridgehead atoms. The molecule has 0 unspecified atom stereocenters. The number of benzene rings is 1. The minimum Gasteiger partial charge on any atom is -0.326 e. The Hall–Kier alpha value is -2.21. The van der Waals surface area contributed by atoms with Gasteiger partial charge in [-0.05, 0) is 36.6 Å². The van der Waals surface area contributed by atoms with E-state index in [4.69, 9.17) is 0 Å². The zero-order valence-electron chi connectivity index (χ0n) is 11.7. The lowest BCUT2D eigenvalue weighted by Crippen LogP contribution is -2.36. The first-order valence-corrected chi connectivity index (χ1v) is 6.87. The van der Waals surface area contributed by atoms with Crippen molar-refractivity contribution in [3.63, 3.8) is 0 Å². The lowest BCUT2D eigenvalue weighted by Gasteiger charge is -2.22. The van der Waals surface area contributed by atoms with Crippen LogP contribution in [0.3, 0.4) is 0 Å². The Morgan fingerprint density at radius 3 is 2.71 bits per heavy atom. The molecule has 110 valence electrons. The average Bonchev–Trinajstić information content (AvgIpc) is 2.38. The molecule has 0 spiro atoms. The van der Waals surface area contributed by atoms with Crippen LogP contribution in [-0.4, -0.2) is 24.9 Å². The zero-order chi connectivity index (χ0) is 15.0. The summed E-state index contributed by atoms with van der Waals surface area (Å²) in [7, 11) is 0. The topological polar surface area (TPSA) is 70.2 Å². The van der Waals surface area contributed by atoms with Gasteiger partial charge in [0.1, 0.15) is 5.82 Å². The number of carbonyl (C=O) groups excluding carboxylic acids is 2. The van der Waals surface area contributed by atoms with Crippen molar-refractivity contribution < 1.29 is 14.0 Å². The standard InChI is InChI=1S/C15H16FN3O2/c1-8(10-6-17-7-10)15(21)19-13-5-12-9(4-11(13)16)2-3-14(20)18-12/h4-5,17H,2-3,6-7H2,1H3,(H,18,20)(H,19,21). The lowest BCUT2D eigenvalue weighted by molar-refractivity contribution is -0.116. The number of aryl methyl sites for hydroxylation is 1. The minimum atomic E-state index is -0.484. The van der Waals surface area contributed by atoms with E-state index in [-0.39, 0.29) is 17.5 Å². The fraction of sp³-hybridized carbons (Fsp3) is 0.333. The van der Waals surface area contributed by atoms with Crippen LogP contribution in [0, 0.1) is 5.82 Å². The van der Waals surface area contributed by atoms with Gasteiger partial charge in [-0.1, -0.05) is 0 Å². The predicted octanol–water partition coefficient (Wildman–Crippen LogP) is 1.57. The second-order valence-electron chi connectivity index (χ2n) is 5.32. The number of nitrogens with one attached hydrogen (secondary N) is 3. The number of hydrogen-bond donors (Lipinski definition) is 3. The highest BCUT2D eigenvalue weighted by Gasteiger charge is 2.20. The Bertz CT molecular complexity index is 661. The summed E-state index contributed by atoms with van der Waals surface area (Å²) in [4.78, 5) is 23.5. The van der Waals surface area contributed by atoms with E-state index in [0.29, 0.717) is 37.2 Å². The second-order valence-corrected chi connectivity index (χ2v) is 5.32. The summed E-state index contributed by atoms with van der Waals surface area (Å²) in [5.74, 6) is -0.888. The van der Waals surface area contributed by atoms with Gasteiger partial charge in [-0.3, -0.25) is 9.59 Å². The molecule has 2 aliphatic heterocycles. The largest absolute Gasteiger partial charge is 0.326 e. The third kappa shape index (κ3) is 2.67. The van der Waals surface area contributed by atoms with Crippen molar-refractivity contribution in [3.8, 4) is 0 Å². The molecule has 1 fully saturated rings. The summed E-state index contributed by atoms with van der Waals surface area (Å²) in [6.07, 6.45) is 0.872. The number of rotatable bonds is 2. The van der Waals surface area contributed by atoms with Crippen molar-refractivity contribution in [3.05, 3.63) is 34.7 Å². The van der Waals surface area contributed by atoms with Crippen LogP contribution in [0.15, 0.2) is 23.3 Å². The van der Waals surface area contributed by atoms with E-state index in [1.54, 1.807) is 6.92 Å². The lowest BCUT2D eigenvalue weighted by atomic mass is 10.0. The molecule has 5 nitrogen and oxygen atoms in total. The first-order chi connectivity index (χ1) is 10.0. The molecule has 0 aliphatic carbocycles. The Morgan fingerprint density at radius 1 is 1.29 bits per heavy atom. The zero-order valence-corrected chi connectivity index (χ0v) is 11.7. The van der Waals surface area contributed by atoms with E-state index in [2.05, 4.69) is 16.0 Å². The van der Waals surface area contributed by atoms with Gasteiger partial charge in [-0.15, -0.1) is 0 Å². The summed E-state index contributed by atoms with van der Waals surface area (Å²) >= 11 is 0. The number of anilines is 2. The SMILES string of the molecule is CC(C(=O)Nc1cc2c(cc1F)CCC(=O)N2)=C1CNC1. The van der Waals surface area contributed by atoms with Crippen LogP contribution in [0.5, 0.6) is 0 Å². The van der Waals surface area contributed by atoms with Gasteiger partial charge in [0, 0.05) is 30.8 Å². The van der Waals surface area contributed by atoms with Crippen molar-refractivity contribution in [2.45, 2.75) is 19.8 Å². The maximum absolute atomic E-state index is 14.0. The van der Waals surface area contributed by atoms with Gasteiger partial charge in [0.05, 0.1) is 5.69 Å². The van der Waals surface area contributed by atoms with Crippen molar-refractivity contribution in [1.82, 2.24) is 5.32 Å². The summed E-state index contributed by atoms with van der Waals surface area (Å²) in [6.45, 7) is 3.12. The molecule has 3 N–H and O–H groups in total. The van der Waals surface area contributed by atoms with E-state index in [1.165, 1.54) is 12.1 Å². The Morgan fingerprint density at radius 2 is 2.05 bits per heavy atom. The Balaban J connectivity index is 1.84. The van der Waals surface area contributed by atoms with Crippen LogP contribution in [-0.2, 0) is 16.0 Å². The number of halogens is 1. The van der Waals surface area contributed by atoms with Crippen LogP contribution in [0.1, 0.15) is 18.9 Å². The highest BCUT2D eigenvalue weighted by molar-refractivity contribution is 6.05. The first-order valence-electron chi connectivity index (χ1n) is 6.87. The number of hydrogen-bond acceptors (Lipinski definition) is 3. The quantitative estimate of drug-likeness (QED) is 0.724. The summed E-state index contributed by atoms with van der Waals surface area (Å²) in [5, 5.41) is 8.33. The third-order valence-electron chi connectivity index (χ3n) is 3.88. The van der Waals surface area contributed by atoms with Crippen molar-refractivity contribution in [2.75, 3.05) is 23.7 Å². The minimum absolute atomic E-state index is 0.0909. The molecule has 0 atom stereocenters. The highest BCUT2D eigenvalue weighted by Crippen LogP contribution is 2.29. The predicted molar refractivity (Wildman–Crippen MR) is 77.6 cm³/mol. The maximum atomic E-state index is 14.0. The van der Waals surface area contributed by atoms with Gasteiger partial charge < -0.3 is 16.0 Å². The van der Waals surface area contributed by atoms with Crippen LogP contribution < -0.4 is 16.0 Å². The maximum Gasteiger partial charge on any atom is 0.251 e. The Kier molecular flexibility index (Phi) is 3.47. The summed E-state index contributed by atoms with van der Waals surface area (Å²) in [6, 6.07) is 2.86. The van der Waals surface area contributed by atoms with Gasteiger partial charge >= 0.3 is 0 Å². The third-order valence-corrected chi connectivity index (χ3v) is 3.88. The molecule has 1 aromatic carbocycles. The molecule has 6 heteroatoms. The van der Waals surface area contributed by atoms with Gasteiger partial charge in [0.15, 0.2) is 0 Å². The van der Waals surface area contributed by atoms with Crippen molar-refractivity contribution in [1.29, 1.82) is 0 Å². The average molecular weight is 289 g/mol. The monoisotopic (exact) mass is 289 g/mol. The fourth-order valence-corrected chi connectivity index (χ4v) is 2.39. The molecule has 1 aromatic rings. The Labute approximate surface area is 121 Å². The van der Waals surface area contributed by atoms with Crippen molar-refractivity contribution in [2.24, 2.45) is 0 Å². The van der Waals surface area contributed by atoms with E-state index in [0.717, 1.165) is 11.1 Å². The molecule has 0 saturated carbocycles. The molecule has 0 aromatic heterocycles. The van der Waals surface area contributed by atoms with Gasteiger partial charge in [0.25, 0.3) is 5.91 Å². The molecule has 2 aliphatic rings. The van der Waals surface area contributed by atoms with Crippen LogP contribution in [0.2, 0.25) is 0 Å². The van der Waals surface area contributed by atoms with E-state index >= 15 is 0 Å². The van der Waals surface area contributed by atoms with Crippen LogP contribution >= 0.6 is 0 Å². The molecule has 1 saturated heterocycles. The van der Waals surface area contributed by atoms with Gasteiger partial charge in [-0.25, -0.2) is 4.39 Å². The van der Waals surface area contributed by atoms with Crippen LogP contribution in [0.25, 0.3) is 0 Å². The fourth-order valence-electron chi connectivity index (χ4n) is 2.39. The molecule has 0 radical (unpaired) electrons.